The second-order valence-electron chi connectivity index (χ2n) is 15.0. The van der Waals surface area contributed by atoms with Crippen LogP contribution in [0.15, 0.2) is 174 Å². The third kappa shape index (κ3) is 9.02. The van der Waals surface area contributed by atoms with Gasteiger partial charge < -0.3 is 0 Å². The Labute approximate surface area is 373 Å². The Kier molecular flexibility index (Phi) is 14.1. The van der Waals surface area contributed by atoms with Gasteiger partial charge in [0.25, 0.3) is 0 Å². The number of hydrogen-bond acceptors (Lipinski definition) is 4. The summed E-state index contributed by atoms with van der Waals surface area (Å²) < 4.78 is 0. The molecule has 1 unspecified atom stereocenters. The lowest BCUT2D eigenvalue weighted by Crippen LogP contribution is -2.33. The number of alkyl halides is 1. The molecular formula is C52H42BBrIO4. The smallest absolute Gasteiger partial charge is 0.189 e. The van der Waals surface area contributed by atoms with Crippen LogP contribution in [0.25, 0.3) is 6.08 Å². The number of ketones is 4. The zero-order chi connectivity index (χ0) is 39.4. The van der Waals surface area contributed by atoms with E-state index < -0.39 is 5.41 Å². The molecule has 291 valence electrons. The van der Waals surface area contributed by atoms with Gasteiger partial charge in [-0.1, -0.05) is 191 Å². The fourth-order valence-electron chi connectivity index (χ4n) is 8.62. The van der Waals surface area contributed by atoms with E-state index in [0.717, 1.165) is 64.6 Å². The fraction of sp³-hybridized carbons (Fsp3) is 0.154. The summed E-state index contributed by atoms with van der Waals surface area (Å²) in [5.74, 6) is 0.490. The molecule has 0 fully saturated rings. The minimum Gasteiger partial charge on any atom is -0.294 e. The average molecular weight is 949 g/mol. The Hall–Kier alpha value is -5.25. The SMILES string of the molecule is I.O=C(CBr)c1ccccc1.O=C(CC1(C2=Cc3ccccc3C2)Cc2ccccc2C1=O)c1ccccc1.O=C1C(=C2Cc3ccccc3C2)Cc2ccccc21.[B]. The molecule has 10 rings (SSSR count). The Morgan fingerprint density at radius 1 is 0.525 bits per heavy atom. The molecule has 3 radical (unpaired) electrons. The van der Waals surface area contributed by atoms with E-state index in [0.29, 0.717) is 17.3 Å². The molecule has 0 N–H and O–H groups in total. The second-order valence-corrected chi connectivity index (χ2v) is 15.6. The standard InChI is InChI=1S/C26H20O2.C18H14O.C8H7BrO.B.HI/c27-24(18-8-2-1-3-9-18)17-26(16-21-12-6-7-13-23(21)25(26)28)22-14-19-10-4-5-11-20(19)15-22;19-18-16-8-4-3-7-14(16)11-17(18)15-9-12-5-1-2-6-13(12)10-15;9-6-8(10)7-4-2-1-3-5-7;;/h1-14H,15-17H2;1-8H,9-11H2;1-5H,6H2;;1H. The molecule has 4 aliphatic rings. The maximum Gasteiger partial charge on any atom is 0.189 e. The van der Waals surface area contributed by atoms with E-state index in [2.05, 4.69) is 64.5 Å². The zero-order valence-electron chi connectivity index (χ0n) is 32.5. The number of carbonyl (C=O) groups excluding carboxylic acids is 4. The van der Waals surface area contributed by atoms with Crippen molar-refractivity contribution >= 4 is 77.5 Å². The maximum absolute atomic E-state index is 13.6. The number of carbonyl (C=O) groups is 4. The summed E-state index contributed by atoms with van der Waals surface area (Å²) in [5.41, 5.74) is 13.1. The van der Waals surface area contributed by atoms with Crippen LogP contribution in [0, 0.1) is 5.41 Å². The Morgan fingerprint density at radius 3 is 1.58 bits per heavy atom. The molecule has 6 aromatic rings. The summed E-state index contributed by atoms with van der Waals surface area (Å²) >= 11 is 3.10. The van der Waals surface area contributed by atoms with Crippen molar-refractivity contribution in [2.75, 3.05) is 5.33 Å². The van der Waals surface area contributed by atoms with Gasteiger partial charge in [-0.2, -0.15) is 0 Å². The van der Waals surface area contributed by atoms with Gasteiger partial charge in [0.1, 0.15) is 0 Å². The van der Waals surface area contributed by atoms with Gasteiger partial charge >= 0.3 is 0 Å². The van der Waals surface area contributed by atoms with Crippen molar-refractivity contribution in [1.82, 2.24) is 0 Å². The van der Waals surface area contributed by atoms with Gasteiger partial charge in [0.05, 0.1) is 10.7 Å². The molecule has 59 heavy (non-hydrogen) atoms. The van der Waals surface area contributed by atoms with Crippen LogP contribution in [0.1, 0.15) is 81.2 Å². The van der Waals surface area contributed by atoms with Crippen molar-refractivity contribution in [2.24, 2.45) is 5.41 Å². The predicted molar refractivity (Wildman–Crippen MR) is 252 cm³/mol. The minimum absolute atomic E-state index is 0. The summed E-state index contributed by atoms with van der Waals surface area (Å²) in [6.45, 7) is 0. The molecular weight excluding hydrogens is 906 g/mol. The number of fused-ring (bicyclic) bond motifs is 4. The van der Waals surface area contributed by atoms with Gasteiger partial charge in [-0.3, -0.25) is 19.2 Å². The van der Waals surface area contributed by atoms with E-state index in [1.54, 1.807) is 0 Å². The van der Waals surface area contributed by atoms with Crippen molar-refractivity contribution in [3.63, 3.8) is 0 Å². The first-order chi connectivity index (χ1) is 27.8. The molecule has 0 amide bonds. The van der Waals surface area contributed by atoms with Crippen LogP contribution in [0.4, 0.5) is 0 Å². The number of benzene rings is 6. The largest absolute Gasteiger partial charge is 0.294 e. The normalized spacial score (nSPS) is 16.4. The number of rotatable bonds is 6. The van der Waals surface area contributed by atoms with Crippen LogP contribution < -0.4 is 0 Å². The summed E-state index contributed by atoms with van der Waals surface area (Å²) in [5, 5.41) is 0.400. The number of halogens is 2. The van der Waals surface area contributed by atoms with Crippen molar-refractivity contribution < 1.29 is 19.2 Å². The van der Waals surface area contributed by atoms with Gasteiger partial charge in [-0.05, 0) is 59.1 Å². The van der Waals surface area contributed by atoms with Crippen LogP contribution in [0.2, 0.25) is 0 Å². The van der Waals surface area contributed by atoms with E-state index in [4.69, 9.17) is 0 Å². The molecule has 0 saturated heterocycles. The molecule has 7 heteroatoms. The lowest BCUT2D eigenvalue weighted by Gasteiger charge is -2.29. The van der Waals surface area contributed by atoms with Crippen LogP contribution >= 0.6 is 39.9 Å². The molecule has 0 bridgehead atoms. The van der Waals surface area contributed by atoms with E-state index in [1.165, 1.54) is 27.8 Å². The summed E-state index contributed by atoms with van der Waals surface area (Å²) in [6, 6.07) is 51.1. The fourth-order valence-corrected chi connectivity index (χ4v) is 8.94. The molecule has 0 spiro atoms. The number of Topliss-reactive ketones (excluding diaryl/α,β-unsaturated/α-hetero) is 4. The molecule has 0 heterocycles. The average Bonchev–Trinajstić information content (AvgIpc) is 4.04. The lowest BCUT2D eigenvalue weighted by atomic mass is 9.71. The second kappa shape index (κ2) is 19.2. The first-order valence-electron chi connectivity index (χ1n) is 19.4. The van der Waals surface area contributed by atoms with Gasteiger partial charge in [-0.15, -0.1) is 24.0 Å². The summed E-state index contributed by atoms with van der Waals surface area (Å²) in [6.07, 6.45) is 6.40. The molecule has 1 atom stereocenters. The van der Waals surface area contributed by atoms with Gasteiger partial charge in [-0.25, -0.2) is 0 Å². The van der Waals surface area contributed by atoms with Gasteiger partial charge in [0.2, 0.25) is 0 Å². The first-order valence-corrected chi connectivity index (χ1v) is 20.5. The molecule has 0 aliphatic heterocycles. The van der Waals surface area contributed by atoms with Crippen molar-refractivity contribution in [2.45, 2.75) is 38.5 Å². The van der Waals surface area contributed by atoms with Gasteiger partial charge in [0, 0.05) is 49.1 Å². The zero-order valence-corrected chi connectivity index (χ0v) is 36.5. The van der Waals surface area contributed by atoms with Gasteiger partial charge in [0.15, 0.2) is 23.1 Å². The third-order valence-electron chi connectivity index (χ3n) is 11.6. The van der Waals surface area contributed by atoms with Crippen LogP contribution in [-0.4, -0.2) is 36.9 Å². The van der Waals surface area contributed by atoms with Crippen molar-refractivity contribution in [3.8, 4) is 0 Å². The van der Waals surface area contributed by atoms with E-state index in [1.807, 2.05) is 115 Å². The highest BCUT2D eigenvalue weighted by molar-refractivity contribution is 14.0. The first kappa shape index (κ1) is 43.3. The molecule has 6 aromatic carbocycles. The monoisotopic (exact) mass is 947 g/mol. The highest BCUT2D eigenvalue weighted by atomic mass is 127. The quantitative estimate of drug-likeness (QED) is 0.0548. The number of hydrogen-bond donors (Lipinski definition) is 0. The van der Waals surface area contributed by atoms with E-state index in [-0.39, 0.29) is 61.9 Å². The van der Waals surface area contributed by atoms with Crippen LogP contribution in [0.3, 0.4) is 0 Å². The highest BCUT2D eigenvalue weighted by Gasteiger charge is 2.50. The Morgan fingerprint density at radius 2 is 1.02 bits per heavy atom. The van der Waals surface area contributed by atoms with Crippen LogP contribution in [0.5, 0.6) is 0 Å². The Balaban J connectivity index is 0.000000163. The van der Waals surface area contributed by atoms with E-state index in [9.17, 15) is 19.2 Å². The summed E-state index contributed by atoms with van der Waals surface area (Å²) in [4.78, 5) is 50.2. The highest BCUT2D eigenvalue weighted by Crippen LogP contribution is 2.49. The summed E-state index contributed by atoms with van der Waals surface area (Å²) in [7, 11) is 0. The molecule has 4 nitrogen and oxygen atoms in total. The van der Waals surface area contributed by atoms with Crippen molar-refractivity contribution in [3.05, 3.63) is 230 Å². The third-order valence-corrected chi connectivity index (χ3v) is 12.1. The van der Waals surface area contributed by atoms with Crippen LogP contribution in [-0.2, 0) is 32.1 Å². The van der Waals surface area contributed by atoms with Crippen molar-refractivity contribution in [1.29, 1.82) is 0 Å². The number of allylic oxidation sites excluding steroid dienone is 3. The topological polar surface area (TPSA) is 68.3 Å². The lowest BCUT2D eigenvalue weighted by molar-refractivity contribution is 0.0787. The molecule has 4 aliphatic carbocycles. The Bertz CT molecular complexity index is 2570. The molecule has 0 aromatic heterocycles. The minimum atomic E-state index is -0.782. The maximum atomic E-state index is 13.6. The predicted octanol–water partition coefficient (Wildman–Crippen LogP) is 11.3. The molecule has 0 saturated carbocycles. The van der Waals surface area contributed by atoms with E-state index >= 15 is 0 Å².